The molecule has 2 atom stereocenters. The lowest BCUT2D eigenvalue weighted by Gasteiger charge is -2.24. The first kappa shape index (κ1) is 19.9. The minimum absolute atomic E-state index is 0.0586. The molecule has 1 N–H and O–H groups in total. The molecule has 0 radical (unpaired) electrons. The van der Waals surface area contributed by atoms with Crippen molar-refractivity contribution in [3.63, 3.8) is 0 Å². The Kier molecular flexibility index (Phi) is 5.97. The third kappa shape index (κ3) is 5.09. The topological polar surface area (TPSA) is 71.5 Å². The molecule has 1 aliphatic rings. The molecule has 2 aromatic rings. The van der Waals surface area contributed by atoms with E-state index in [9.17, 15) is 9.59 Å². The molecule has 1 fully saturated rings. The maximum absolute atomic E-state index is 13.0. The van der Waals surface area contributed by atoms with Crippen LogP contribution >= 0.6 is 0 Å². The Hall–Kier alpha value is -2.89. The van der Waals surface area contributed by atoms with Gasteiger partial charge in [0.15, 0.2) is 0 Å². The molecule has 148 valence electrons. The van der Waals surface area contributed by atoms with Crippen molar-refractivity contribution in [2.75, 3.05) is 13.1 Å². The average molecular weight is 381 g/mol. The molecular weight excluding hydrogens is 354 g/mol. The predicted octanol–water partition coefficient (Wildman–Crippen LogP) is 3.35. The number of carbonyl (C=O) groups excluding carboxylic acids is 2. The van der Waals surface area contributed by atoms with Crippen molar-refractivity contribution in [2.45, 2.75) is 38.8 Å². The van der Waals surface area contributed by atoms with Gasteiger partial charge in [0.25, 0.3) is 0 Å². The number of aromatic nitrogens is 1. The molecular formula is C22H27N3O3. The van der Waals surface area contributed by atoms with E-state index in [1.54, 1.807) is 17.3 Å². The van der Waals surface area contributed by atoms with E-state index in [0.717, 1.165) is 11.1 Å². The third-order valence-electron chi connectivity index (χ3n) is 4.75. The molecule has 6 nitrogen and oxygen atoms in total. The average Bonchev–Trinajstić information content (AvgIpc) is 3.12. The molecule has 0 saturated carbocycles. The van der Waals surface area contributed by atoms with Gasteiger partial charge in [0.05, 0.1) is 5.92 Å². The van der Waals surface area contributed by atoms with E-state index in [4.69, 9.17) is 4.74 Å². The number of nitrogens with one attached hydrogen (secondary N) is 1. The zero-order valence-corrected chi connectivity index (χ0v) is 16.6. The van der Waals surface area contributed by atoms with Crippen LogP contribution in [0.15, 0.2) is 54.9 Å². The van der Waals surface area contributed by atoms with Crippen molar-refractivity contribution in [1.82, 2.24) is 15.2 Å². The molecule has 0 spiro atoms. The number of pyridine rings is 1. The molecule has 1 saturated heterocycles. The summed E-state index contributed by atoms with van der Waals surface area (Å²) in [5, 5.41) is 3.00. The van der Waals surface area contributed by atoms with Gasteiger partial charge >= 0.3 is 6.09 Å². The Balaban J connectivity index is 1.73. The molecule has 0 bridgehead atoms. The number of benzene rings is 1. The summed E-state index contributed by atoms with van der Waals surface area (Å²) in [5.74, 6) is -0.445. The van der Waals surface area contributed by atoms with Crippen LogP contribution in [-0.2, 0) is 16.1 Å². The number of likely N-dealkylation sites (tertiary alicyclic amines) is 1. The molecule has 1 aromatic carbocycles. The lowest BCUT2D eigenvalue weighted by Crippen LogP contribution is -2.37. The van der Waals surface area contributed by atoms with Crippen LogP contribution < -0.4 is 5.32 Å². The summed E-state index contributed by atoms with van der Waals surface area (Å²) < 4.78 is 5.51. The van der Waals surface area contributed by atoms with Crippen LogP contribution in [0.3, 0.4) is 0 Å². The second kappa shape index (κ2) is 8.42. The number of hydrogen-bond acceptors (Lipinski definition) is 4. The van der Waals surface area contributed by atoms with Crippen molar-refractivity contribution in [3.05, 3.63) is 66.0 Å². The van der Waals surface area contributed by atoms with Crippen LogP contribution in [0, 0.1) is 5.92 Å². The summed E-state index contributed by atoms with van der Waals surface area (Å²) in [5.41, 5.74) is 1.47. The van der Waals surface area contributed by atoms with Gasteiger partial charge in [-0.3, -0.25) is 9.78 Å². The largest absolute Gasteiger partial charge is 0.444 e. The first-order valence-electron chi connectivity index (χ1n) is 9.53. The molecule has 1 aliphatic heterocycles. The van der Waals surface area contributed by atoms with Crippen molar-refractivity contribution < 1.29 is 14.3 Å². The van der Waals surface area contributed by atoms with Crippen molar-refractivity contribution >= 4 is 12.0 Å². The highest BCUT2D eigenvalue weighted by Gasteiger charge is 2.41. The van der Waals surface area contributed by atoms with E-state index in [1.165, 1.54) is 0 Å². The fourth-order valence-electron chi connectivity index (χ4n) is 3.40. The zero-order chi connectivity index (χ0) is 20.1. The molecule has 3 rings (SSSR count). The van der Waals surface area contributed by atoms with Crippen LogP contribution in [0.4, 0.5) is 4.79 Å². The van der Waals surface area contributed by atoms with Gasteiger partial charge in [-0.15, -0.1) is 0 Å². The quantitative estimate of drug-likeness (QED) is 0.882. The number of ether oxygens (including phenoxy) is 1. The van der Waals surface area contributed by atoms with Crippen molar-refractivity contribution in [1.29, 1.82) is 0 Å². The van der Waals surface area contributed by atoms with Crippen molar-refractivity contribution in [2.24, 2.45) is 5.92 Å². The van der Waals surface area contributed by atoms with Crippen LogP contribution in [0.1, 0.15) is 37.8 Å². The first-order chi connectivity index (χ1) is 13.3. The number of hydrogen-bond donors (Lipinski definition) is 1. The Morgan fingerprint density at radius 1 is 1.11 bits per heavy atom. The lowest BCUT2D eigenvalue weighted by molar-refractivity contribution is -0.125. The lowest BCUT2D eigenvalue weighted by atomic mass is 9.88. The van der Waals surface area contributed by atoms with Gasteiger partial charge in [-0.25, -0.2) is 4.79 Å². The van der Waals surface area contributed by atoms with Gasteiger partial charge in [-0.1, -0.05) is 30.3 Å². The van der Waals surface area contributed by atoms with Crippen LogP contribution in [0.2, 0.25) is 0 Å². The van der Waals surface area contributed by atoms with E-state index >= 15 is 0 Å². The Morgan fingerprint density at radius 3 is 2.43 bits per heavy atom. The minimum Gasteiger partial charge on any atom is -0.444 e. The maximum Gasteiger partial charge on any atom is 0.410 e. The Bertz CT molecular complexity index is 803. The monoisotopic (exact) mass is 381 g/mol. The van der Waals surface area contributed by atoms with Gasteiger partial charge in [-0.05, 0) is 44.0 Å². The summed E-state index contributed by atoms with van der Waals surface area (Å²) in [6.07, 6.45) is 3.03. The summed E-state index contributed by atoms with van der Waals surface area (Å²) in [6.45, 7) is 6.77. The number of rotatable bonds is 4. The van der Waals surface area contributed by atoms with Crippen LogP contribution in [-0.4, -0.2) is 40.6 Å². The Labute approximate surface area is 165 Å². The SMILES string of the molecule is CC(C)(C)OC(=O)N1C[C@H](C(=O)NCc2ccncc2)[C@@H](c2ccccc2)C1. The van der Waals surface area contributed by atoms with Gasteiger partial charge < -0.3 is 15.0 Å². The fourth-order valence-corrected chi connectivity index (χ4v) is 3.40. The first-order valence-corrected chi connectivity index (χ1v) is 9.53. The molecule has 2 heterocycles. The highest BCUT2D eigenvalue weighted by atomic mass is 16.6. The van der Waals surface area contributed by atoms with Gasteiger partial charge in [0.2, 0.25) is 5.91 Å². The summed E-state index contributed by atoms with van der Waals surface area (Å²) in [6, 6.07) is 13.6. The maximum atomic E-state index is 13.0. The van der Waals surface area contributed by atoms with E-state index in [0.29, 0.717) is 19.6 Å². The highest BCUT2D eigenvalue weighted by molar-refractivity contribution is 5.82. The summed E-state index contributed by atoms with van der Waals surface area (Å²) in [7, 11) is 0. The molecule has 0 unspecified atom stereocenters. The third-order valence-corrected chi connectivity index (χ3v) is 4.75. The van der Waals surface area contributed by atoms with Gasteiger partial charge in [0.1, 0.15) is 5.60 Å². The molecule has 2 amide bonds. The minimum atomic E-state index is -0.568. The molecule has 6 heteroatoms. The number of nitrogens with zero attached hydrogens (tertiary/aromatic N) is 2. The predicted molar refractivity (Wildman–Crippen MR) is 107 cm³/mol. The zero-order valence-electron chi connectivity index (χ0n) is 16.6. The van der Waals surface area contributed by atoms with E-state index in [2.05, 4.69) is 10.3 Å². The molecule has 28 heavy (non-hydrogen) atoms. The molecule has 1 aromatic heterocycles. The fraction of sp³-hybridized carbons (Fsp3) is 0.409. The standard InChI is InChI=1S/C22H27N3O3/c1-22(2,3)28-21(27)25-14-18(17-7-5-4-6-8-17)19(15-25)20(26)24-13-16-9-11-23-12-10-16/h4-12,18-19H,13-15H2,1-3H3,(H,24,26)/t18-,19+/m1/s1. The van der Waals surface area contributed by atoms with E-state index in [1.807, 2.05) is 63.2 Å². The smallest absolute Gasteiger partial charge is 0.410 e. The number of amides is 2. The summed E-state index contributed by atoms with van der Waals surface area (Å²) in [4.78, 5) is 31.1. The summed E-state index contributed by atoms with van der Waals surface area (Å²) >= 11 is 0. The van der Waals surface area contributed by atoms with E-state index in [-0.39, 0.29) is 23.8 Å². The second-order valence-electron chi connectivity index (χ2n) is 8.08. The van der Waals surface area contributed by atoms with Crippen LogP contribution in [0.25, 0.3) is 0 Å². The van der Waals surface area contributed by atoms with Gasteiger partial charge in [-0.2, -0.15) is 0 Å². The van der Waals surface area contributed by atoms with Gasteiger partial charge in [0, 0.05) is 37.9 Å². The Morgan fingerprint density at radius 2 is 1.79 bits per heavy atom. The molecule has 0 aliphatic carbocycles. The van der Waals surface area contributed by atoms with E-state index < -0.39 is 5.60 Å². The highest BCUT2D eigenvalue weighted by Crippen LogP contribution is 2.33. The second-order valence-corrected chi connectivity index (χ2v) is 8.08. The number of carbonyl (C=O) groups is 2. The van der Waals surface area contributed by atoms with Crippen molar-refractivity contribution in [3.8, 4) is 0 Å². The normalized spacial score (nSPS) is 19.3. The van der Waals surface area contributed by atoms with Crippen LogP contribution in [0.5, 0.6) is 0 Å².